The van der Waals surface area contributed by atoms with Gasteiger partial charge in [-0.1, -0.05) is 11.6 Å². The van der Waals surface area contributed by atoms with Gasteiger partial charge in [0.05, 0.1) is 23.8 Å². The van der Waals surface area contributed by atoms with Gasteiger partial charge >= 0.3 is 6.03 Å². The van der Waals surface area contributed by atoms with Crippen molar-refractivity contribution in [3.8, 4) is 0 Å². The second-order valence-electron chi connectivity index (χ2n) is 10.3. The fraction of sp³-hybridized carbons (Fsp3) is 0.321. The summed E-state index contributed by atoms with van der Waals surface area (Å²) >= 11 is 5.91. The van der Waals surface area contributed by atoms with E-state index in [0.29, 0.717) is 28.2 Å². The summed E-state index contributed by atoms with van der Waals surface area (Å²) in [5, 5.41) is 20.7. The molecule has 41 heavy (non-hydrogen) atoms. The highest BCUT2D eigenvalue weighted by Gasteiger charge is 2.26. The summed E-state index contributed by atoms with van der Waals surface area (Å²) < 4.78 is 15.6. The van der Waals surface area contributed by atoms with Gasteiger partial charge in [0.1, 0.15) is 5.82 Å². The predicted molar refractivity (Wildman–Crippen MR) is 155 cm³/mol. The Morgan fingerprint density at radius 3 is 2.32 bits per heavy atom. The van der Waals surface area contributed by atoms with E-state index in [2.05, 4.69) is 41.7 Å². The summed E-state index contributed by atoms with van der Waals surface area (Å²) in [5.74, 6) is -0.568. The van der Waals surface area contributed by atoms with E-state index >= 15 is 0 Å². The van der Waals surface area contributed by atoms with Crippen molar-refractivity contribution in [1.29, 1.82) is 0 Å². The van der Waals surface area contributed by atoms with Crippen molar-refractivity contribution in [2.45, 2.75) is 56.7 Å². The van der Waals surface area contributed by atoms with Crippen molar-refractivity contribution in [1.82, 2.24) is 24.9 Å². The quantitative estimate of drug-likeness (QED) is 0.192. The first kappa shape index (κ1) is 26.8. The molecule has 0 atom stereocenters. The minimum absolute atomic E-state index is 0.0257. The molecule has 0 bridgehead atoms. The molecule has 0 radical (unpaired) electrons. The predicted octanol–water partition coefficient (Wildman–Crippen LogP) is 5.29. The molecule has 2 aliphatic carbocycles. The molecule has 4 aromatic rings. The highest BCUT2D eigenvalue weighted by Crippen LogP contribution is 2.30. The van der Waals surface area contributed by atoms with E-state index < -0.39 is 11.7 Å². The molecule has 3 amide bonds. The minimum atomic E-state index is -0.631. The number of nitrogens with zero attached hydrogens (tertiary/aromatic N) is 4. The zero-order valence-corrected chi connectivity index (χ0v) is 22.8. The zero-order valence-electron chi connectivity index (χ0n) is 22.0. The van der Waals surface area contributed by atoms with Crippen LogP contribution in [0.1, 0.15) is 49.0 Å². The molecule has 3 heterocycles. The molecular weight excluding hydrogens is 549 g/mol. The Kier molecular flexibility index (Phi) is 7.55. The van der Waals surface area contributed by atoms with Crippen LogP contribution < -0.4 is 26.6 Å². The Morgan fingerprint density at radius 2 is 1.59 bits per heavy atom. The number of aromatic nitrogens is 4. The first-order valence-corrected chi connectivity index (χ1v) is 13.9. The lowest BCUT2D eigenvalue weighted by atomic mass is 9.91. The van der Waals surface area contributed by atoms with E-state index in [1.807, 2.05) is 6.07 Å². The number of amides is 3. The molecule has 212 valence electrons. The van der Waals surface area contributed by atoms with Gasteiger partial charge in [-0.15, -0.1) is 5.10 Å². The van der Waals surface area contributed by atoms with Crippen molar-refractivity contribution in [2.24, 2.45) is 0 Å². The fourth-order valence-electron chi connectivity index (χ4n) is 4.89. The number of urea groups is 1. The Morgan fingerprint density at radius 1 is 0.878 bits per heavy atom. The number of anilines is 4. The van der Waals surface area contributed by atoms with Gasteiger partial charge in [0.25, 0.3) is 5.91 Å². The fourth-order valence-corrected chi connectivity index (χ4v) is 5.01. The number of rotatable bonds is 8. The number of carbonyl (C=O) groups excluding carboxylic acids is 2. The first-order valence-electron chi connectivity index (χ1n) is 13.6. The first-order chi connectivity index (χ1) is 19.9. The minimum Gasteiger partial charge on any atom is -0.379 e. The maximum Gasteiger partial charge on any atom is 0.319 e. The standard InChI is InChI=1S/C28H29ClFN9O2/c29-16-1-3-19(4-2-16)35-28(41)36-20-9-7-18(8-10-20)34-25-13-23(33-17-5-6-17)26-32-15-24(39(26)38-25)27(40)37-22-11-12-31-14-21(22)30/h1-4,11-15,17-18,20,33H,5-10H2,(H,34,38)(H,31,37,40)(H2,35,36,41)/t18-,20-. The molecule has 11 nitrogen and oxygen atoms in total. The Bertz CT molecular complexity index is 1570. The lowest BCUT2D eigenvalue weighted by molar-refractivity contribution is 0.102. The molecule has 0 aliphatic heterocycles. The van der Waals surface area contributed by atoms with Crippen molar-refractivity contribution in [3.05, 3.63) is 71.5 Å². The summed E-state index contributed by atoms with van der Waals surface area (Å²) in [5.41, 5.74) is 2.17. The maximum absolute atomic E-state index is 14.1. The van der Waals surface area contributed by atoms with Gasteiger partial charge in [-0.3, -0.25) is 9.78 Å². The van der Waals surface area contributed by atoms with Crippen molar-refractivity contribution >= 4 is 52.1 Å². The van der Waals surface area contributed by atoms with Gasteiger partial charge in [0, 0.05) is 41.1 Å². The second kappa shape index (κ2) is 11.6. The molecule has 1 aromatic carbocycles. The van der Waals surface area contributed by atoms with Crippen LogP contribution in [-0.2, 0) is 0 Å². The summed E-state index contributed by atoms with van der Waals surface area (Å²) in [6, 6.07) is 10.6. The van der Waals surface area contributed by atoms with Crippen LogP contribution in [0, 0.1) is 5.82 Å². The summed E-state index contributed by atoms with van der Waals surface area (Å²) in [6.45, 7) is 0. The third-order valence-electron chi connectivity index (χ3n) is 7.17. The van der Waals surface area contributed by atoms with E-state index in [9.17, 15) is 14.0 Å². The second-order valence-corrected chi connectivity index (χ2v) is 10.8. The number of carbonyl (C=O) groups is 2. The summed E-state index contributed by atoms with van der Waals surface area (Å²) in [7, 11) is 0. The smallest absolute Gasteiger partial charge is 0.319 e. The number of halogens is 2. The van der Waals surface area contributed by atoms with E-state index in [1.165, 1.54) is 23.0 Å². The van der Waals surface area contributed by atoms with Crippen LogP contribution in [0.3, 0.4) is 0 Å². The maximum atomic E-state index is 14.1. The van der Waals surface area contributed by atoms with Crippen LogP contribution in [0.4, 0.5) is 32.1 Å². The SMILES string of the molecule is O=C(Nc1ccc(Cl)cc1)N[C@H]1CC[C@H](Nc2cc(NC3CC3)c3ncc(C(=O)Nc4ccncc4F)n3n2)CC1. The molecule has 3 aromatic heterocycles. The zero-order chi connectivity index (χ0) is 28.3. The van der Waals surface area contributed by atoms with E-state index in [1.54, 1.807) is 24.3 Å². The number of pyridine rings is 1. The van der Waals surface area contributed by atoms with Gasteiger partial charge < -0.3 is 26.6 Å². The average molecular weight is 578 g/mol. The van der Waals surface area contributed by atoms with Crippen LogP contribution in [0.15, 0.2) is 55.0 Å². The molecule has 6 rings (SSSR count). The monoisotopic (exact) mass is 577 g/mol. The number of hydrogen-bond acceptors (Lipinski definition) is 7. The third kappa shape index (κ3) is 6.49. The van der Waals surface area contributed by atoms with Gasteiger partial charge in [-0.05, 0) is 68.9 Å². The Hall–Kier alpha value is -4.45. The normalized spacial score (nSPS) is 18.5. The summed E-state index contributed by atoms with van der Waals surface area (Å²) in [4.78, 5) is 33.6. The average Bonchev–Trinajstić information content (AvgIpc) is 3.67. The van der Waals surface area contributed by atoms with Crippen LogP contribution in [0.2, 0.25) is 5.02 Å². The molecular formula is C28H29ClFN9O2. The van der Waals surface area contributed by atoms with E-state index in [0.717, 1.165) is 50.4 Å². The molecule has 0 saturated heterocycles. The Balaban J connectivity index is 1.12. The van der Waals surface area contributed by atoms with Crippen molar-refractivity contribution in [2.75, 3.05) is 21.3 Å². The van der Waals surface area contributed by atoms with Crippen molar-refractivity contribution in [3.63, 3.8) is 0 Å². The lowest BCUT2D eigenvalue weighted by Gasteiger charge is -2.30. The highest BCUT2D eigenvalue weighted by molar-refractivity contribution is 6.30. The van der Waals surface area contributed by atoms with E-state index in [4.69, 9.17) is 11.6 Å². The summed E-state index contributed by atoms with van der Waals surface area (Å²) in [6.07, 6.45) is 9.27. The van der Waals surface area contributed by atoms with Crippen LogP contribution >= 0.6 is 11.6 Å². The van der Waals surface area contributed by atoms with Crippen LogP contribution in [0.25, 0.3) is 5.65 Å². The molecule has 0 unspecified atom stereocenters. The largest absolute Gasteiger partial charge is 0.379 e. The van der Waals surface area contributed by atoms with Gasteiger partial charge in [-0.2, -0.15) is 0 Å². The van der Waals surface area contributed by atoms with Gasteiger partial charge in [0.2, 0.25) is 0 Å². The number of benzene rings is 1. The molecule has 13 heteroatoms. The topological polar surface area (TPSA) is 137 Å². The van der Waals surface area contributed by atoms with Crippen LogP contribution in [-0.4, -0.2) is 49.6 Å². The molecule has 2 aliphatic rings. The number of fused-ring (bicyclic) bond motifs is 1. The number of hydrogen-bond donors (Lipinski definition) is 5. The lowest BCUT2D eigenvalue weighted by Crippen LogP contribution is -2.42. The van der Waals surface area contributed by atoms with Gasteiger partial charge in [-0.25, -0.2) is 18.7 Å². The molecule has 2 saturated carbocycles. The van der Waals surface area contributed by atoms with E-state index in [-0.39, 0.29) is 29.5 Å². The van der Waals surface area contributed by atoms with Crippen LogP contribution in [0.5, 0.6) is 0 Å². The molecule has 5 N–H and O–H groups in total. The number of imidazole rings is 1. The third-order valence-corrected chi connectivity index (χ3v) is 7.43. The Labute approximate surface area is 240 Å². The van der Waals surface area contributed by atoms with Gasteiger partial charge in [0.15, 0.2) is 17.2 Å². The number of nitrogens with one attached hydrogen (secondary N) is 5. The molecule has 2 fully saturated rings. The molecule has 0 spiro atoms. The highest BCUT2D eigenvalue weighted by atomic mass is 35.5. The van der Waals surface area contributed by atoms with Crippen molar-refractivity contribution < 1.29 is 14.0 Å².